The van der Waals surface area contributed by atoms with Gasteiger partial charge in [0.05, 0.1) is 24.3 Å². The maximum absolute atomic E-state index is 12.1. The number of ether oxygens (including phenoxy) is 3. The van der Waals surface area contributed by atoms with E-state index in [4.69, 9.17) is 37.4 Å². The number of benzene rings is 3. The van der Waals surface area contributed by atoms with Crippen LogP contribution in [0.4, 0.5) is 0 Å². The molecular formula is C26H20BrCl2N3O5S. The Morgan fingerprint density at radius 1 is 1.11 bits per heavy atom. The second-order valence-corrected chi connectivity index (χ2v) is 10.3. The van der Waals surface area contributed by atoms with Gasteiger partial charge in [-0.05, 0) is 75.7 Å². The topological polar surface area (TPSA) is 107 Å². The Balaban J connectivity index is 1.58. The lowest BCUT2D eigenvalue weighted by atomic mass is 10.2. The zero-order valence-corrected chi connectivity index (χ0v) is 23.9. The van der Waals surface area contributed by atoms with Gasteiger partial charge in [-0.15, -0.1) is 5.10 Å². The molecule has 0 bridgehead atoms. The SMILES string of the molecule is COc1ccc(Cl)cc1-c1nc(S/C(=C\c2cc(Br)c(OCc3ccccc3Cl)c(OC)c2)C(=O)O)n[nH]1. The summed E-state index contributed by atoms with van der Waals surface area (Å²) in [5.41, 5.74) is 1.98. The number of thioether (sulfide) groups is 1. The lowest BCUT2D eigenvalue weighted by Gasteiger charge is -2.14. The molecule has 0 saturated heterocycles. The zero-order valence-electron chi connectivity index (χ0n) is 20.0. The van der Waals surface area contributed by atoms with Gasteiger partial charge in [0.25, 0.3) is 0 Å². The molecule has 2 N–H and O–H groups in total. The van der Waals surface area contributed by atoms with E-state index in [1.807, 2.05) is 18.2 Å². The highest BCUT2D eigenvalue weighted by Gasteiger charge is 2.18. The molecule has 0 amide bonds. The van der Waals surface area contributed by atoms with E-state index < -0.39 is 5.97 Å². The largest absolute Gasteiger partial charge is 0.496 e. The number of halogens is 3. The molecule has 3 aromatic carbocycles. The van der Waals surface area contributed by atoms with Crippen LogP contribution in [-0.4, -0.2) is 40.5 Å². The summed E-state index contributed by atoms with van der Waals surface area (Å²) in [5.74, 6) is 0.672. The Morgan fingerprint density at radius 2 is 1.87 bits per heavy atom. The molecule has 0 atom stereocenters. The Labute approximate surface area is 241 Å². The number of carboxylic acid groups (broad SMARTS) is 1. The number of hydrogen-bond donors (Lipinski definition) is 2. The first-order valence-corrected chi connectivity index (χ1v) is 13.3. The molecule has 0 spiro atoms. The van der Waals surface area contributed by atoms with Gasteiger partial charge in [-0.1, -0.05) is 41.4 Å². The first kappa shape index (κ1) is 27.8. The van der Waals surface area contributed by atoms with Crippen molar-refractivity contribution in [2.45, 2.75) is 11.8 Å². The maximum Gasteiger partial charge on any atom is 0.342 e. The lowest BCUT2D eigenvalue weighted by molar-refractivity contribution is -0.131. The van der Waals surface area contributed by atoms with Crippen molar-refractivity contribution in [1.29, 1.82) is 0 Å². The smallest absolute Gasteiger partial charge is 0.342 e. The van der Waals surface area contributed by atoms with Crippen LogP contribution in [0.3, 0.4) is 0 Å². The van der Waals surface area contributed by atoms with Crippen LogP contribution >= 0.6 is 50.9 Å². The first-order chi connectivity index (χ1) is 18.3. The van der Waals surface area contributed by atoms with Gasteiger partial charge in [0.15, 0.2) is 17.3 Å². The van der Waals surface area contributed by atoms with Crippen LogP contribution in [0.25, 0.3) is 17.5 Å². The molecular weight excluding hydrogens is 617 g/mol. The van der Waals surface area contributed by atoms with Crippen LogP contribution in [0, 0.1) is 0 Å². The third-order valence-corrected chi connectivity index (χ3v) is 7.24. The number of nitrogens with one attached hydrogen (secondary N) is 1. The fourth-order valence-corrected chi connectivity index (χ4v) is 5.03. The zero-order chi connectivity index (χ0) is 27.2. The summed E-state index contributed by atoms with van der Waals surface area (Å²) >= 11 is 16.7. The van der Waals surface area contributed by atoms with E-state index in [2.05, 4.69) is 31.1 Å². The number of aliphatic carboxylic acids is 1. The van der Waals surface area contributed by atoms with Crippen molar-refractivity contribution in [3.63, 3.8) is 0 Å². The Bertz CT molecular complexity index is 1510. The normalized spacial score (nSPS) is 11.3. The van der Waals surface area contributed by atoms with Crippen LogP contribution in [0.15, 0.2) is 69.1 Å². The van der Waals surface area contributed by atoms with Crippen LogP contribution in [0.2, 0.25) is 10.0 Å². The van der Waals surface area contributed by atoms with E-state index in [0.29, 0.717) is 48.7 Å². The van der Waals surface area contributed by atoms with Gasteiger partial charge in [0.1, 0.15) is 17.3 Å². The Morgan fingerprint density at radius 3 is 2.58 bits per heavy atom. The number of hydrogen-bond acceptors (Lipinski definition) is 7. The number of carbonyl (C=O) groups is 1. The Hall–Kier alpha value is -3.18. The van der Waals surface area contributed by atoms with E-state index in [0.717, 1.165) is 17.3 Å². The number of aromatic amines is 1. The van der Waals surface area contributed by atoms with Crippen LogP contribution in [0.1, 0.15) is 11.1 Å². The van der Waals surface area contributed by atoms with E-state index in [1.54, 1.807) is 36.4 Å². The minimum atomic E-state index is -1.14. The first-order valence-electron chi connectivity index (χ1n) is 10.9. The second kappa shape index (κ2) is 12.6. The average Bonchev–Trinajstić information content (AvgIpc) is 3.36. The van der Waals surface area contributed by atoms with E-state index in [1.165, 1.54) is 20.3 Å². The summed E-state index contributed by atoms with van der Waals surface area (Å²) in [7, 11) is 3.04. The number of H-pyrrole nitrogens is 1. The molecule has 0 aliphatic carbocycles. The van der Waals surface area contributed by atoms with Crippen molar-refractivity contribution in [3.05, 3.63) is 85.1 Å². The second-order valence-electron chi connectivity index (χ2n) is 7.64. The van der Waals surface area contributed by atoms with Crippen molar-refractivity contribution in [1.82, 2.24) is 15.2 Å². The quantitative estimate of drug-likeness (QED) is 0.137. The van der Waals surface area contributed by atoms with Crippen LogP contribution < -0.4 is 14.2 Å². The average molecular weight is 637 g/mol. The Kier molecular flexibility index (Phi) is 9.22. The highest BCUT2D eigenvalue weighted by Crippen LogP contribution is 2.39. The summed E-state index contributed by atoms with van der Waals surface area (Å²) in [5, 5.41) is 18.1. The number of nitrogens with zero attached hydrogens (tertiary/aromatic N) is 2. The van der Waals surface area contributed by atoms with Gasteiger partial charge in [-0.25, -0.2) is 9.78 Å². The van der Waals surface area contributed by atoms with E-state index >= 15 is 0 Å². The summed E-state index contributed by atoms with van der Waals surface area (Å²) < 4.78 is 17.4. The molecule has 1 aromatic heterocycles. The standard InChI is InChI=1S/C26H20BrCl2N3O5S/c1-35-20-8-7-16(28)12-17(20)24-30-26(32-31-24)38-22(25(33)34)11-14-9-18(27)23(21(10-14)36-2)37-13-15-5-3-4-6-19(15)29/h3-12H,13H2,1-2H3,(H,33,34)(H,30,31,32)/b22-11-. The van der Waals surface area contributed by atoms with Gasteiger partial charge in [-0.2, -0.15) is 0 Å². The van der Waals surface area contributed by atoms with Gasteiger partial charge in [0, 0.05) is 15.6 Å². The molecule has 0 aliphatic rings. The molecule has 0 aliphatic heterocycles. The summed E-state index contributed by atoms with van der Waals surface area (Å²) in [4.78, 5) is 16.5. The molecule has 0 radical (unpaired) electrons. The van der Waals surface area contributed by atoms with Crippen molar-refractivity contribution in [2.75, 3.05) is 14.2 Å². The van der Waals surface area contributed by atoms with Crippen molar-refractivity contribution < 1.29 is 24.1 Å². The fourth-order valence-electron chi connectivity index (χ4n) is 3.39. The predicted octanol–water partition coefficient (Wildman–Crippen LogP) is 7.36. The highest BCUT2D eigenvalue weighted by molar-refractivity contribution is 9.10. The molecule has 12 heteroatoms. The van der Waals surface area contributed by atoms with Crippen LogP contribution in [0.5, 0.6) is 17.2 Å². The van der Waals surface area contributed by atoms with Crippen molar-refractivity contribution >= 4 is 62.9 Å². The molecule has 4 aromatic rings. The van der Waals surface area contributed by atoms with Gasteiger partial charge in [0.2, 0.25) is 5.16 Å². The predicted molar refractivity (Wildman–Crippen MR) is 151 cm³/mol. The van der Waals surface area contributed by atoms with Crippen molar-refractivity contribution in [2.24, 2.45) is 0 Å². The van der Waals surface area contributed by atoms with Crippen LogP contribution in [-0.2, 0) is 11.4 Å². The van der Waals surface area contributed by atoms with E-state index in [9.17, 15) is 9.90 Å². The maximum atomic E-state index is 12.1. The minimum Gasteiger partial charge on any atom is -0.496 e. The lowest BCUT2D eigenvalue weighted by Crippen LogP contribution is -2.00. The van der Waals surface area contributed by atoms with E-state index in [-0.39, 0.29) is 16.7 Å². The molecule has 0 fully saturated rings. The summed E-state index contributed by atoms with van der Waals surface area (Å²) in [6, 6.07) is 15.9. The third kappa shape index (κ3) is 6.63. The third-order valence-electron chi connectivity index (χ3n) is 5.17. The summed E-state index contributed by atoms with van der Waals surface area (Å²) in [6.07, 6.45) is 1.49. The fraction of sp³-hybridized carbons (Fsp3) is 0.115. The van der Waals surface area contributed by atoms with Gasteiger partial charge >= 0.3 is 5.97 Å². The number of aromatic nitrogens is 3. The van der Waals surface area contributed by atoms with Crippen molar-refractivity contribution in [3.8, 4) is 28.6 Å². The number of carboxylic acids is 1. The number of rotatable bonds is 10. The monoisotopic (exact) mass is 635 g/mol. The molecule has 1 heterocycles. The molecule has 4 rings (SSSR count). The molecule has 0 unspecified atom stereocenters. The molecule has 196 valence electrons. The highest BCUT2D eigenvalue weighted by atomic mass is 79.9. The van der Waals surface area contributed by atoms with Gasteiger partial charge < -0.3 is 19.3 Å². The summed E-state index contributed by atoms with van der Waals surface area (Å²) in [6.45, 7) is 0.227. The van der Waals surface area contributed by atoms with Gasteiger partial charge in [-0.3, -0.25) is 5.10 Å². The number of methoxy groups -OCH3 is 2. The molecule has 38 heavy (non-hydrogen) atoms. The minimum absolute atomic E-state index is 0.00713. The molecule has 8 nitrogen and oxygen atoms in total. The molecule has 0 saturated carbocycles.